The van der Waals surface area contributed by atoms with Gasteiger partial charge in [-0.05, 0) is 37.5 Å². The highest BCUT2D eigenvalue weighted by Gasteiger charge is 2.20. The molecule has 0 saturated heterocycles. The molecule has 0 aliphatic rings. The maximum atomic E-state index is 13.4. The van der Waals surface area contributed by atoms with E-state index in [1.165, 1.54) is 385 Å². The molecule has 464 valence electrons. The smallest absolute Gasteiger partial charge is 0.248 e. The fourth-order valence-corrected chi connectivity index (χ4v) is 13.0. The highest BCUT2D eigenvalue weighted by atomic mass is 32.3. The summed E-state index contributed by atoms with van der Waals surface area (Å²) in [5.41, 5.74) is 0. The SMILES string of the molecule is CCCCCCCCCCCCCCCCCCC(CCCCCCCCCCCCCCCC)COS(=O)(=O)OCC(CCCCCCCCCCCCCCCC)CCCCCCCCCCCCCCCCCC. The molecule has 2 unspecified atom stereocenters. The van der Waals surface area contributed by atoms with E-state index in [2.05, 4.69) is 27.7 Å². The lowest BCUT2D eigenvalue weighted by atomic mass is 9.94. The molecule has 2 atom stereocenters. The Bertz CT molecular complexity index is 1070. The Hall–Kier alpha value is -0.130. The van der Waals surface area contributed by atoms with Gasteiger partial charge in [-0.2, -0.15) is 8.42 Å². The van der Waals surface area contributed by atoms with Crippen LogP contribution in [0.15, 0.2) is 0 Å². The van der Waals surface area contributed by atoms with Gasteiger partial charge in [-0.1, -0.05) is 413 Å². The molecule has 0 fully saturated rings. The molecule has 0 amide bonds. The van der Waals surface area contributed by atoms with E-state index < -0.39 is 10.4 Å². The monoisotopic (exact) mass is 1110 g/mol. The van der Waals surface area contributed by atoms with Gasteiger partial charge >= 0.3 is 10.4 Å². The normalized spacial score (nSPS) is 12.8. The van der Waals surface area contributed by atoms with Crippen LogP contribution in [0.3, 0.4) is 0 Å². The Morgan fingerprint density at radius 3 is 0.442 bits per heavy atom. The first kappa shape index (κ1) is 76.9. The van der Waals surface area contributed by atoms with Crippen molar-refractivity contribution in [1.29, 1.82) is 0 Å². The molecule has 0 aliphatic carbocycles. The van der Waals surface area contributed by atoms with Gasteiger partial charge in [0, 0.05) is 0 Å². The number of unbranched alkanes of at least 4 members (excludes halogenated alkanes) is 56. The predicted molar refractivity (Wildman–Crippen MR) is 346 cm³/mol. The van der Waals surface area contributed by atoms with E-state index in [1.54, 1.807) is 0 Å². The van der Waals surface area contributed by atoms with Crippen molar-refractivity contribution in [2.24, 2.45) is 11.8 Å². The second-order valence-corrected chi connectivity index (χ2v) is 27.0. The first-order chi connectivity index (χ1) is 38.0. The summed E-state index contributed by atoms with van der Waals surface area (Å²) in [7, 11) is -4.01. The maximum absolute atomic E-state index is 13.4. The summed E-state index contributed by atoms with van der Waals surface area (Å²) >= 11 is 0. The largest absolute Gasteiger partial charge is 0.399 e. The van der Waals surface area contributed by atoms with E-state index in [9.17, 15) is 8.42 Å². The zero-order valence-electron chi connectivity index (χ0n) is 53.9. The molecule has 0 spiro atoms. The molecule has 0 aliphatic heterocycles. The topological polar surface area (TPSA) is 52.6 Å². The second kappa shape index (κ2) is 66.7. The van der Waals surface area contributed by atoms with Gasteiger partial charge in [0.2, 0.25) is 0 Å². The van der Waals surface area contributed by atoms with Crippen molar-refractivity contribution in [1.82, 2.24) is 0 Å². The van der Waals surface area contributed by atoms with Crippen molar-refractivity contribution in [2.45, 2.75) is 439 Å². The third-order valence-corrected chi connectivity index (χ3v) is 18.6. The highest BCUT2D eigenvalue weighted by Crippen LogP contribution is 2.25. The minimum absolute atomic E-state index is 0.294. The van der Waals surface area contributed by atoms with Gasteiger partial charge in [-0.25, -0.2) is 8.37 Å². The van der Waals surface area contributed by atoms with Crippen LogP contribution in [-0.2, 0) is 18.8 Å². The van der Waals surface area contributed by atoms with E-state index in [4.69, 9.17) is 8.37 Å². The fourth-order valence-electron chi connectivity index (χ4n) is 12.2. The van der Waals surface area contributed by atoms with Crippen LogP contribution in [0.1, 0.15) is 439 Å². The third kappa shape index (κ3) is 64.9. The van der Waals surface area contributed by atoms with Gasteiger partial charge in [0.25, 0.3) is 0 Å². The van der Waals surface area contributed by atoms with Gasteiger partial charge in [0.15, 0.2) is 0 Å². The average Bonchev–Trinajstić information content (AvgIpc) is 3.43. The molecule has 0 bridgehead atoms. The van der Waals surface area contributed by atoms with Gasteiger partial charge < -0.3 is 0 Å². The van der Waals surface area contributed by atoms with E-state index in [0.717, 1.165) is 25.7 Å². The zero-order chi connectivity index (χ0) is 55.7. The Labute approximate surface area is 488 Å². The molecule has 0 heterocycles. The Balaban J connectivity index is 4.91. The van der Waals surface area contributed by atoms with Crippen LogP contribution < -0.4 is 0 Å². The molecular formula is C72H146O4S. The lowest BCUT2D eigenvalue weighted by Crippen LogP contribution is -2.20. The van der Waals surface area contributed by atoms with E-state index >= 15 is 0 Å². The minimum Gasteiger partial charge on any atom is -0.248 e. The third-order valence-electron chi connectivity index (χ3n) is 17.8. The summed E-state index contributed by atoms with van der Waals surface area (Å²) < 4.78 is 38.5. The Morgan fingerprint density at radius 2 is 0.312 bits per heavy atom. The van der Waals surface area contributed by atoms with E-state index in [0.29, 0.717) is 25.0 Å². The van der Waals surface area contributed by atoms with Crippen LogP contribution in [0.5, 0.6) is 0 Å². The van der Waals surface area contributed by atoms with Crippen LogP contribution in [-0.4, -0.2) is 21.6 Å². The van der Waals surface area contributed by atoms with Crippen LogP contribution >= 0.6 is 0 Å². The number of hydrogen-bond donors (Lipinski definition) is 0. The molecule has 0 aromatic carbocycles. The molecule has 5 heteroatoms. The summed E-state index contributed by atoms with van der Waals surface area (Å²) in [6, 6.07) is 0. The average molecular weight is 1110 g/mol. The molecule has 0 aromatic rings. The molecule has 0 rings (SSSR count). The van der Waals surface area contributed by atoms with Crippen molar-refractivity contribution in [3.8, 4) is 0 Å². The lowest BCUT2D eigenvalue weighted by Gasteiger charge is -2.19. The molecule has 0 N–H and O–H groups in total. The number of hydrogen-bond acceptors (Lipinski definition) is 4. The van der Waals surface area contributed by atoms with Crippen LogP contribution in [0.4, 0.5) is 0 Å². The fraction of sp³-hybridized carbons (Fsp3) is 1.00. The molecule has 4 nitrogen and oxygen atoms in total. The number of rotatable bonds is 70. The van der Waals surface area contributed by atoms with Crippen LogP contribution in [0, 0.1) is 11.8 Å². The van der Waals surface area contributed by atoms with E-state index in [-0.39, 0.29) is 0 Å². The zero-order valence-corrected chi connectivity index (χ0v) is 54.7. The lowest BCUT2D eigenvalue weighted by molar-refractivity contribution is 0.155. The first-order valence-electron chi connectivity index (χ1n) is 36.5. The summed E-state index contributed by atoms with van der Waals surface area (Å²) in [4.78, 5) is 0. The Kier molecular flexibility index (Phi) is 66.6. The molecule has 0 saturated carbocycles. The van der Waals surface area contributed by atoms with Crippen molar-refractivity contribution >= 4 is 10.4 Å². The molecule has 0 radical (unpaired) electrons. The summed E-state index contributed by atoms with van der Waals surface area (Å²) in [5, 5.41) is 0. The summed E-state index contributed by atoms with van der Waals surface area (Å²) in [5.74, 6) is 0.600. The minimum atomic E-state index is -4.01. The molecule has 77 heavy (non-hydrogen) atoms. The van der Waals surface area contributed by atoms with E-state index in [1.807, 2.05) is 0 Å². The van der Waals surface area contributed by atoms with Crippen molar-refractivity contribution in [3.05, 3.63) is 0 Å². The van der Waals surface area contributed by atoms with Crippen LogP contribution in [0.25, 0.3) is 0 Å². The van der Waals surface area contributed by atoms with Gasteiger partial charge in [-0.15, -0.1) is 0 Å². The van der Waals surface area contributed by atoms with Crippen molar-refractivity contribution in [3.63, 3.8) is 0 Å². The maximum Gasteiger partial charge on any atom is 0.399 e. The quantitative estimate of drug-likeness (QED) is 0.0570. The molecular weight excluding hydrogens is 961 g/mol. The van der Waals surface area contributed by atoms with Crippen molar-refractivity contribution in [2.75, 3.05) is 13.2 Å². The highest BCUT2D eigenvalue weighted by molar-refractivity contribution is 7.81. The molecule has 0 aromatic heterocycles. The van der Waals surface area contributed by atoms with Gasteiger partial charge in [-0.3, -0.25) is 0 Å². The second-order valence-electron chi connectivity index (χ2n) is 25.7. The predicted octanol–water partition coefficient (Wildman–Crippen LogP) is 26.5. The summed E-state index contributed by atoms with van der Waals surface area (Å²) in [6.45, 7) is 9.80. The standard InChI is InChI=1S/C72H146O4S/c1-5-9-13-17-21-25-29-33-37-39-43-47-51-55-59-63-67-71(65-61-57-53-49-45-41-35-31-27-23-19-15-11-7-3)69-75-77(73,74)76-70-72(66-62-58-54-50-46-42-36-32-28-24-20-16-12-8-4)68-64-60-56-52-48-44-40-38-34-30-26-22-18-14-10-6-2/h71-72H,5-70H2,1-4H3. The van der Waals surface area contributed by atoms with Gasteiger partial charge in [0.05, 0.1) is 13.2 Å². The van der Waals surface area contributed by atoms with Crippen molar-refractivity contribution < 1.29 is 16.8 Å². The first-order valence-corrected chi connectivity index (χ1v) is 37.9. The van der Waals surface area contributed by atoms with Gasteiger partial charge in [0.1, 0.15) is 0 Å². The Morgan fingerprint density at radius 1 is 0.195 bits per heavy atom. The summed E-state index contributed by atoms with van der Waals surface area (Å²) in [6.07, 6.45) is 86.7. The van der Waals surface area contributed by atoms with Crippen LogP contribution in [0.2, 0.25) is 0 Å².